The van der Waals surface area contributed by atoms with Crippen molar-refractivity contribution >= 4 is 18.6 Å². The second-order valence-corrected chi connectivity index (χ2v) is 12.1. The fourth-order valence-electron chi connectivity index (χ4n) is 4.91. The predicted molar refractivity (Wildman–Crippen MR) is 125 cm³/mol. The van der Waals surface area contributed by atoms with E-state index in [1.165, 1.54) is 7.11 Å². The number of rotatable bonds is 9. The van der Waals surface area contributed by atoms with E-state index in [4.69, 9.17) is 9.47 Å². The summed E-state index contributed by atoms with van der Waals surface area (Å²) in [6.45, 7) is 12.4. The van der Waals surface area contributed by atoms with Gasteiger partial charge in [0, 0.05) is 18.8 Å². The first-order valence-corrected chi connectivity index (χ1v) is 13.1. The summed E-state index contributed by atoms with van der Waals surface area (Å²) in [6.07, 6.45) is 3.03. The Bertz CT molecular complexity index is 878. The summed E-state index contributed by atoms with van der Waals surface area (Å²) >= 11 is 0. The summed E-state index contributed by atoms with van der Waals surface area (Å²) in [5.74, 6) is 0.172. The molecule has 5 nitrogen and oxygen atoms in total. The molecule has 4 unspecified atom stereocenters. The third kappa shape index (κ3) is 6.40. The minimum absolute atomic E-state index is 0.0174. The summed E-state index contributed by atoms with van der Waals surface area (Å²) in [4.78, 5) is 26.3. The van der Waals surface area contributed by atoms with Crippen LogP contribution in [0.2, 0.25) is 0 Å². The second-order valence-electron chi connectivity index (χ2n) is 9.23. The van der Waals surface area contributed by atoms with Crippen LogP contribution in [0.5, 0.6) is 0 Å². The Morgan fingerprint density at radius 2 is 1.68 bits per heavy atom. The zero-order valence-corrected chi connectivity index (χ0v) is 20.9. The largest absolute Gasteiger partial charge is 0.463 e. The van der Waals surface area contributed by atoms with Crippen LogP contribution in [-0.2, 0) is 18.8 Å². The maximum Gasteiger partial charge on any atom is 0.313 e. The van der Waals surface area contributed by atoms with Gasteiger partial charge < -0.3 is 14.0 Å². The maximum absolute atomic E-state index is 14.3. The lowest BCUT2D eigenvalue weighted by molar-refractivity contribution is -0.141. The molecule has 6 heteroatoms. The van der Waals surface area contributed by atoms with Gasteiger partial charge in [-0.3, -0.25) is 9.59 Å². The van der Waals surface area contributed by atoms with Crippen LogP contribution in [0.4, 0.5) is 0 Å². The Kier molecular flexibility index (Phi) is 8.85. The van der Waals surface area contributed by atoms with Crippen LogP contribution in [-0.4, -0.2) is 44.1 Å². The highest BCUT2D eigenvalue weighted by Gasteiger charge is 2.41. The molecule has 2 rings (SSSR count). The molecule has 1 aliphatic carbocycles. The van der Waals surface area contributed by atoms with Crippen LogP contribution >= 0.6 is 7.14 Å². The highest BCUT2D eigenvalue weighted by atomic mass is 31.2. The summed E-state index contributed by atoms with van der Waals surface area (Å²) < 4.78 is 24.4. The third-order valence-electron chi connectivity index (χ3n) is 6.25. The lowest BCUT2D eigenvalue weighted by atomic mass is 9.77. The Morgan fingerprint density at radius 1 is 1.06 bits per heavy atom. The normalized spacial score (nSPS) is 23.1. The minimum Gasteiger partial charge on any atom is -0.463 e. The number of methoxy groups -OCH3 is 1. The molecule has 0 amide bonds. The van der Waals surface area contributed by atoms with E-state index < -0.39 is 18.6 Å². The van der Waals surface area contributed by atoms with Gasteiger partial charge in [-0.05, 0) is 63.0 Å². The van der Waals surface area contributed by atoms with Gasteiger partial charge in [0.05, 0.1) is 6.61 Å². The number of aryl methyl sites for hydroxylation is 3. The van der Waals surface area contributed by atoms with Gasteiger partial charge >= 0.3 is 5.97 Å². The number of hydrogen-bond acceptors (Lipinski definition) is 5. The minimum atomic E-state index is -3.56. The first-order chi connectivity index (χ1) is 14.5. The van der Waals surface area contributed by atoms with Crippen LogP contribution in [0.3, 0.4) is 0 Å². The van der Waals surface area contributed by atoms with Crippen molar-refractivity contribution in [1.82, 2.24) is 0 Å². The van der Waals surface area contributed by atoms with Gasteiger partial charge in [-0.1, -0.05) is 43.2 Å². The number of ether oxygens (including phenoxy) is 2. The van der Waals surface area contributed by atoms with Gasteiger partial charge in [-0.25, -0.2) is 0 Å². The lowest BCUT2D eigenvalue weighted by Crippen LogP contribution is -2.28. The van der Waals surface area contributed by atoms with E-state index in [0.717, 1.165) is 28.7 Å². The molecule has 0 bridgehead atoms. The Balaban J connectivity index is 2.43. The topological polar surface area (TPSA) is 69.7 Å². The zero-order chi connectivity index (χ0) is 23.3. The van der Waals surface area contributed by atoms with E-state index in [2.05, 4.69) is 19.9 Å². The molecule has 4 atom stereocenters. The van der Waals surface area contributed by atoms with Gasteiger partial charge in [0.1, 0.15) is 12.8 Å². The van der Waals surface area contributed by atoms with E-state index >= 15 is 0 Å². The van der Waals surface area contributed by atoms with Crippen molar-refractivity contribution in [1.29, 1.82) is 0 Å². The number of allylic oxidation sites excluding steroid dienone is 2. The second kappa shape index (κ2) is 10.7. The molecule has 0 N–H and O–H groups in total. The molecule has 0 fully saturated rings. The molecule has 0 saturated heterocycles. The molecule has 0 aliphatic heterocycles. The number of carbonyl (C=O) groups is 2. The quantitative estimate of drug-likeness (QED) is 0.215. The van der Waals surface area contributed by atoms with Crippen molar-refractivity contribution in [2.24, 2.45) is 17.8 Å². The average Bonchev–Trinajstić information content (AvgIpc) is 2.64. The standard InChI is InChI=1S/C25H37O5P/c1-16-10-18(3)22(19(4)11-16)14-31(28,15-23(26)30-9-8-29-7)25(27)24-20(5)12-17(2)13-21(24)6/h10,12-13,16,19,22H,8-9,11,14-15H2,1-7H3. The number of benzene rings is 1. The van der Waals surface area contributed by atoms with Gasteiger partial charge in [0.25, 0.3) is 0 Å². The van der Waals surface area contributed by atoms with Crippen molar-refractivity contribution in [2.75, 3.05) is 32.6 Å². The van der Waals surface area contributed by atoms with Gasteiger partial charge in [-0.15, -0.1) is 0 Å². The fourth-order valence-corrected chi connectivity index (χ4v) is 7.91. The molecule has 0 spiro atoms. The van der Waals surface area contributed by atoms with Gasteiger partial charge in [0.15, 0.2) is 7.14 Å². The van der Waals surface area contributed by atoms with Crippen molar-refractivity contribution in [2.45, 2.75) is 48.0 Å². The van der Waals surface area contributed by atoms with Crippen LogP contribution < -0.4 is 0 Å². The van der Waals surface area contributed by atoms with Crippen LogP contribution in [0.15, 0.2) is 23.8 Å². The van der Waals surface area contributed by atoms with Gasteiger partial charge in [-0.2, -0.15) is 0 Å². The molecule has 0 aromatic heterocycles. The van der Waals surface area contributed by atoms with Crippen molar-refractivity contribution in [3.63, 3.8) is 0 Å². The average molecular weight is 449 g/mol. The first kappa shape index (κ1) is 25.5. The molecule has 0 heterocycles. The summed E-state index contributed by atoms with van der Waals surface area (Å²) in [6, 6.07) is 3.86. The van der Waals surface area contributed by atoms with Crippen molar-refractivity contribution in [3.8, 4) is 0 Å². The Labute approximate surface area is 187 Å². The lowest BCUT2D eigenvalue weighted by Gasteiger charge is -2.34. The molecule has 1 aromatic carbocycles. The molecule has 0 radical (unpaired) electrons. The molecule has 172 valence electrons. The molecule has 1 aromatic rings. The summed E-state index contributed by atoms with van der Waals surface area (Å²) in [7, 11) is -2.04. The maximum atomic E-state index is 14.3. The van der Waals surface area contributed by atoms with Crippen molar-refractivity contribution in [3.05, 3.63) is 46.0 Å². The molecular formula is C25H37O5P. The number of esters is 1. The Hall–Kier alpha value is -1.71. The number of hydrogen-bond donors (Lipinski definition) is 0. The monoisotopic (exact) mass is 448 g/mol. The van der Waals surface area contributed by atoms with E-state index in [0.29, 0.717) is 17.4 Å². The molecule has 31 heavy (non-hydrogen) atoms. The Morgan fingerprint density at radius 3 is 2.23 bits per heavy atom. The highest BCUT2D eigenvalue weighted by Crippen LogP contribution is 2.54. The van der Waals surface area contributed by atoms with Crippen LogP contribution in [0.25, 0.3) is 0 Å². The van der Waals surface area contributed by atoms with E-state index in [-0.39, 0.29) is 31.5 Å². The van der Waals surface area contributed by atoms with E-state index in [9.17, 15) is 14.2 Å². The summed E-state index contributed by atoms with van der Waals surface area (Å²) in [5, 5.41) is 0. The van der Waals surface area contributed by atoms with E-state index in [1.807, 2.05) is 39.8 Å². The SMILES string of the molecule is COCCOC(=O)CP(=O)(CC1C(C)=CC(C)CC1C)C(=O)c1c(C)cc(C)cc1C. The molecule has 0 saturated carbocycles. The van der Waals surface area contributed by atoms with Crippen LogP contribution in [0.1, 0.15) is 54.2 Å². The van der Waals surface area contributed by atoms with Crippen molar-refractivity contribution < 1.29 is 23.6 Å². The smallest absolute Gasteiger partial charge is 0.313 e. The highest BCUT2D eigenvalue weighted by molar-refractivity contribution is 7.81. The first-order valence-electron chi connectivity index (χ1n) is 11.0. The van der Waals surface area contributed by atoms with E-state index in [1.54, 1.807) is 0 Å². The zero-order valence-electron chi connectivity index (χ0n) is 20.0. The predicted octanol–water partition coefficient (Wildman–Crippen LogP) is 5.54. The van der Waals surface area contributed by atoms with Crippen LogP contribution in [0, 0.1) is 38.5 Å². The fraction of sp³-hybridized carbons (Fsp3) is 0.600. The molecular weight excluding hydrogens is 411 g/mol. The third-order valence-corrected chi connectivity index (χ3v) is 8.97. The summed E-state index contributed by atoms with van der Waals surface area (Å²) in [5.41, 5.74) is 3.89. The molecule has 1 aliphatic rings. The number of carbonyl (C=O) groups excluding carboxylic acids is 2. The van der Waals surface area contributed by atoms with Gasteiger partial charge in [0.2, 0.25) is 5.52 Å².